The van der Waals surface area contributed by atoms with E-state index in [1.165, 1.54) is 10.5 Å². The quantitative estimate of drug-likeness (QED) is 0.708. The minimum absolute atomic E-state index is 0.0271. The average molecular weight is 439 g/mol. The van der Waals surface area contributed by atoms with Crippen LogP contribution in [-0.4, -0.2) is 53.1 Å². The minimum Gasteiger partial charge on any atom is -0.477 e. The molecule has 0 saturated carbocycles. The van der Waals surface area contributed by atoms with Gasteiger partial charge in [0.15, 0.2) is 0 Å². The van der Waals surface area contributed by atoms with E-state index in [-0.39, 0.29) is 24.5 Å². The van der Waals surface area contributed by atoms with E-state index in [1.54, 1.807) is 24.3 Å². The average Bonchev–Trinajstić information content (AvgIpc) is 2.69. The van der Waals surface area contributed by atoms with Crippen molar-refractivity contribution in [2.75, 3.05) is 24.2 Å². The number of anilines is 1. The topological polar surface area (TPSA) is 104 Å². The standard InChI is InChI=1S/C19H23ClN4O4S/c1-29(27,28)24(12-14-5-7-15(20)8-6-14)13-17-21-11-16(19(25)26)18(22-17)23-9-3-2-4-10-23/h5-8,11H,2-4,9-10,12-13H2,1H3,(H,25,26). The predicted molar refractivity (Wildman–Crippen MR) is 111 cm³/mol. The number of aromatic nitrogens is 2. The summed E-state index contributed by atoms with van der Waals surface area (Å²) >= 11 is 5.90. The van der Waals surface area contributed by atoms with Gasteiger partial charge in [0, 0.05) is 30.9 Å². The number of piperidine rings is 1. The largest absolute Gasteiger partial charge is 0.477 e. The van der Waals surface area contributed by atoms with Crippen LogP contribution in [0.4, 0.5) is 5.82 Å². The fourth-order valence-electron chi connectivity index (χ4n) is 3.22. The Morgan fingerprint density at radius 2 is 1.83 bits per heavy atom. The number of rotatable bonds is 7. The highest BCUT2D eigenvalue weighted by molar-refractivity contribution is 7.88. The van der Waals surface area contributed by atoms with Crippen molar-refractivity contribution in [2.24, 2.45) is 0 Å². The Kier molecular flexibility index (Phi) is 6.71. The Hall–Kier alpha value is -2.23. The van der Waals surface area contributed by atoms with Crippen LogP contribution in [0.1, 0.15) is 41.0 Å². The van der Waals surface area contributed by atoms with Crippen molar-refractivity contribution >= 4 is 33.4 Å². The summed E-state index contributed by atoms with van der Waals surface area (Å²) in [6.45, 7) is 1.52. The van der Waals surface area contributed by atoms with E-state index in [0.29, 0.717) is 10.8 Å². The molecule has 0 unspecified atom stereocenters. The number of sulfonamides is 1. The van der Waals surface area contributed by atoms with Crippen LogP contribution in [0.25, 0.3) is 0 Å². The summed E-state index contributed by atoms with van der Waals surface area (Å²) in [5.74, 6) is -0.490. The van der Waals surface area contributed by atoms with E-state index in [9.17, 15) is 18.3 Å². The number of aromatic carboxylic acids is 1. The number of carboxylic acids is 1. The number of halogens is 1. The molecular weight excluding hydrogens is 416 g/mol. The maximum absolute atomic E-state index is 12.3. The molecule has 0 bridgehead atoms. The Morgan fingerprint density at radius 1 is 1.17 bits per heavy atom. The first-order chi connectivity index (χ1) is 13.7. The molecule has 1 N–H and O–H groups in total. The van der Waals surface area contributed by atoms with E-state index in [0.717, 1.165) is 44.2 Å². The molecule has 1 saturated heterocycles. The van der Waals surface area contributed by atoms with Gasteiger partial charge in [-0.05, 0) is 37.0 Å². The molecule has 0 atom stereocenters. The Labute approximate surface area is 175 Å². The van der Waals surface area contributed by atoms with Crippen molar-refractivity contribution in [2.45, 2.75) is 32.4 Å². The number of carbonyl (C=O) groups is 1. The van der Waals surface area contributed by atoms with E-state index >= 15 is 0 Å². The fourth-order valence-corrected chi connectivity index (χ4v) is 4.08. The summed E-state index contributed by atoms with van der Waals surface area (Å²) in [5, 5.41) is 10.1. The third-order valence-corrected chi connectivity index (χ3v) is 6.21. The third kappa shape index (κ3) is 5.65. The smallest absolute Gasteiger partial charge is 0.341 e. The molecule has 29 heavy (non-hydrogen) atoms. The van der Waals surface area contributed by atoms with E-state index < -0.39 is 16.0 Å². The molecule has 3 rings (SSSR count). The number of carboxylic acid groups (broad SMARTS) is 1. The maximum atomic E-state index is 12.3. The molecule has 2 heterocycles. The van der Waals surface area contributed by atoms with Crippen LogP contribution in [0.3, 0.4) is 0 Å². The third-order valence-electron chi connectivity index (χ3n) is 4.76. The van der Waals surface area contributed by atoms with Crippen molar-refractivity contribution in [3.05, 3.63) is 52.4 Å². The normalized spacial score (nSPS) is 14.9. The summed E-state index contributed by atoms with van der Waals surface area (Å²) in [6, 6.07) is 6.91. The molecule has 156 valence electrons. The van der Waals surface area contributed by atoms with Gasteiger partial charge < -0.3 is 10.0 Å². The van der Waals surface area contributed by atoms with Gasteiger partial charge in [-0.25, -0.2) is 23.2 Å². The first kappa shape index (κ1) is 21.5. The summed E-state index contributed by atoms with van der Waals surface area (Å²) < 4.78 is 25.9. The lowest BCUT2D eigenvalue weighted by Crippen LogP contribution is -2.33. The molecule has 1 aromatic carbocycles. The zero-order valence-corrected chi connectivity index (χ0v) is 17.7. The molecule has 10 heteroatoms. The summed E-state index contributed by atoms with van der Waals surface area (Å²) in [5.41, 5.74) is 0.803. The van der Waals surface area contributed by atoms with Crippen LogP contribution in [0.2, 0.25) is 5.02 Å². The van der Waals surface area contributed by atoms with Gasteiger partial charge in [-0.15, -0.1) is 0 Å². The first-order valence-electron chi connectivity index (χ1n) is 9.28. The Morgan fingerprint density at radius 3 is 2.41 bits per heavy atom. The molecular formula is C19H23ClN4O4S. The summed E-state index contributed by atoms with van der Waals surface area (Å²) in [4.78, 5) is 22.1. The van der Waals surface area contributed by atoms with Gasteiger partial charge in [0.05, 0.1) is 12.8 Å². The minimum atomic E-state index is -3.55. The number of benzene rings is 1. The molecule has 1 fully saturated rings. The highest BCUT2D eigenvalue weighted by atomic mass is 35.5. The van der Waals surface area contributed by atoms with Gasteiger partial charge in [-0.3, -0.25) is 0 Å². The van der Waals surface area contributed by atoms with Gasteiger partial charge in [0.2, 0.25) is 10.0 Å². The lowest BCUT2D eigenvalue weighted by atomic mass is 10.1. The Bertz CT molecular complexity index is 976. The molecule has 0 radical (unpaired) electrons. The van der Waals surface area contributed by atoms with Crippen LogP contribution in [0, 0.1) is 0 Å². The zero-order valence-electron chi connectivity index (χ0n) is 16.1. The summed E-state index contributed by atoms with van der Waals surface area (Å²) in [6.07, 6.45) is 5.41. The molecule has 0 spiro atoms. The zero-order chi connectivity index (χ0) is 21.0. The predicted octanol–water partition coefficient (Wildman–Crippen LogP) is 2.78. The second kappa shape index (κ2) is 9.06. The molecule has 1 aromatic heterocycles. The molecule has 2 aromatic rings. The van der Waals surface area contributed by atoms with Crippen molar-refractivity contribution in [1.82, 2.24) is 14.3 Å². The second-order valence-electron chi connectivity index (χ2n) is 7.03. The molecule has 0 amide bonds. The van der Waals surface area contributed by atoms with Crippen molar-refractivity contribution in [3.8, 4) is 0 Å². The molecule has 0 aliphatic carbocycles. The SMILES string of the molecule is CS(=O)(=O)N(Cc1ccc(Cl)cc1)Cc1ncc(C(=O)O)c(N2CCCCC2)n1. The van der Waals surface area contributed by atoms with Crippen LogP contribution >= 0.6 is 11.6 Å². The van der Waals surface area contributed by atoms with Crippen molar-refractivity contribution in [3.63, 3.8) is 0 Å². The van der Waals surface area contributed by atoms with Crippen molar-refractivity contribution in [1.29, 1.82) is 0 Å². The maximum Gasteiger partial charge on any atom is 0.341 e. The lowest BCUT2D eigenvalue weighted by molar-refractivity contribution is 0.0696. The fraction of sp³-hybridized carbons (Fsp3) is 0.421. The number of nitrogens with zero attached hydrogens (tertiary/aromatic N) is 4. The van der Waals surface area contributed by atoms with Crippen LogP contribution in [-0.2, 0) is 23.1 Å². The summed E-state index contributed by atoms with van der Waals surface area (Å²) in [7, 11) is -3.55. The highest BCUT2D eigenvalue weighted by Crippen LogP contribution is 2.23. The molecule has 8 nitrogen and oxygen atoms in total. The van der Waals surface area contributed by atoms with E-state index in [2.05, 4.69) is 9.97 Å². The van der Waals surface area contributed by atoms with Gasteiger partial charge >= 0.3 is 5.97 Å². The Balaban J connectivity index is 1.88. The molecule has 1 aliphatic heterocycles. The number of hydrogen-bond acceptors (Lipinski definition) is 6. The highest BCUT2D eigenvalue weighted by Gasteiger charge is 2.24. The monoisotopic (exact) mass is 438 g/mol. The molecule has 1 aliphatic rings. The van der Waals surface area contributed by atoms with E-state index in [4.69, 9.17) is 11.6 Å². The van der Waals surface area contributed by atoms with Crippen LogP contribution < -0.4 is 4.90 Å². The van der Waals surface area contributed by atoms with Crippen LogP contribution in [0.15, 0.2) is 30.5 Å². The second-order valence-corrected chi connectivity index (χ2v) is 9.45. The van der Waals surface area contributed by atoms with Gasteiger partial charge in [0.25, 0.3) is 0 Å². The van der Waals surface area contributed by atoms with Gasteiger partial charge in [-0.2, -0.15) is 4.31 Å². The van der Waals surface area contributed by atoms with E-state index in [1.807, 2.05) is 4.90 Å². The van der Waals surface area contributed by atoms with Crippen LogP contribution in [0.5, 0.6) is 0 Å². The first-order valence-corrected chi connectivity index (χ1v) is 11.5. The van der Waals surface area contributed by atoms with Gasteiger partial charge in [0.1, 0.15) is 17.2 Å². The van der Waals surface area contributed by atoms with Crippen molar-refractivity contribution < 1.29 is 18.3 Å². The lowest BCUT2D eigenvalue weighted by Gasteiger charge is -2.29. The van der Waals surface area contributed by atoms with Gasteiger partial charge in [-0.1, -0.05) is 23.7 Å². The number of hydrogen-bond donors (Lipinski definition) is 1.